The molecule has 1 aromatic carbocycles. The normalized spacial score (nSPS) is 15.6. The van der Waals surface area contributed by atoms with E-state index in [9.17, 15) is 10.1 Å². The summed E-state index contributed by atoms with van der Waals surface area (Å²) >= 11 is 1.82. The van der Waals surface area contributed by atoms with Crippen LogP contribution in [-0.2, 0) is 0 Å². The number of nitriles is 1. The molecule has 1 aliphatic rings. The number of pyridine rings is 1. The summed E-state index contributed by atoms with van der Waals surface area (Å²) < 4.78 is 0. The van der Waals surface area contributed by atoms with Gasteiger partial charge in [0.1, 0.15) is 23.0 Å². The predicted octanol–water partition coefficient (Wildman–Crippen LogP) is 4.19. The van der Waals surface area contributed by atoms with Gasteiger partial charge in [-0.15, -0.1) is 11.8 Å². The topological polar surface area (TPSA) is 104 Å². The third-order valence-electron chi connectivity index (χ3n) is 6.19. The second-order valence-corrected chi connectivity index (χ2v) is 9.35. The predicted molar refractivity (Wildman–Crippen MR) is 125 cm³/mol. The van der Waals surface area contributed by atoms with E-state index in [1.165, 1.54) is 10.5 Å². The lowest BCUT2D eigenvalue weighted by Gasteiger charge is -2.30. The standard InChI is InChI=1S/C23H24N6OS/c1-3-31-21-15(13-6-8-29(2)9-7-13)4-5-17-20(21)28-22(27-17)18-19-16(12-26-23(18)30)14(10-24)11-25-19/h4-5,11-13,25H,3,6-9H2,1-2H3,(H,26,30)(H,27,28). The molecule has 7 nitrogen and oxygen atoms in total. The lowest BCUT2D eigenvalue weighted by atomic mass is 9.89. The van der Waals surface area contributed by atoms with Crippen LogP contribution in [0.1, 0.15) is 36.8 Å². The highest BCUT2D eigenvalue weighted by atomic mass is 32.2. The van der Waals surface area contributed by atoms with Gasteiger partial charge in [0, 0.05) is 22.7 Å². The van der Waals surface area contributed by atoms with Gasteiger partial charge in [0.2, 0.25) is 0 Å². The molecule has 0 aliphatic carbocycles. The number of nitrogens with zero attached hydrogens (tertiary/aromatic N) is 3. The van der Waals surface area contributed by atoms with Gasteiger partial charge in [-0.1, -0.05) is 13.0 Å². The van der Waals surface area contributed by atoms with Crippen molar-refractivity contribution in [1.29, 1.82) is 5.26 Å². The third kappa shape index (κ3) is 3.34. The Balaban J connectivity index is 1.68. The van der Waals surface area contributed by atoms with Gasteiger partial charge in [-0.05, 0) is 56.3 Å². The number of H-pyrrole nitrogens is 3. The first-order valence-electron chi connectivity index (χ1n) is 10.6. The number of nitrogens with one attached hydrogen (secondary N) is 3. The molecule has 4 heterocycles. The van der Waals surface area contributed by atoms with Crippen LogP contribution in [0.25, 0.3) is 33.3 Å². The molecule has 4 aromatic rings. The van der Waals surface area contributed by atoms with E-state index in [0.717, 1.165) is 42.7 Å². The molecule has 3 aromatic heterocycles. The van der Waals surface area contributed by atoms with Crippen LogP contribution in [0.4, 0.5) is 0 Å². The van der Waals surface area contributed by atoms with Gasteiger partial charge < -0.3 is 19.9 Å². The Morgan fingerprint density at radius 2 is 2.06 bits per heavy atom. The van der Waals surface area contributed by atoms with Crippen molar-refractivity contribution in [2.45, 2.75) is 30.6 Å². The van der Waals surface area contributed by atoms with Crippen molar-refractivity contribution in [3.63, 3.8) is 0 Å². The van der Waals surface area contributed by atoms with Crippen molar-refractivity contribution in [3.05, 3.63) is 46.0 Å². The molecular weight excluding hydrogens is 408 g/mol. The zero-order valence-corrected chi connectivity index (χ0v) is 18.4. The third-order valence-corrected chi connectivity index (χ3v) is 7.19. The van der Waals surface area contributed by atoms with Crippen LogP contribution in [0.5, 0.6) is 0 Å². The lowest BCUT2D eigenvalue weighted by molar-refractivity contribution is 0.254. The Labute approximate surface area is 183 Å². The summed E-state index contributed by atoms with van der Waals surface area (Å²) in [5.41, 5.74) is 4.52. The second-order valence-electron chi connectivity index (χ2n) is 8.07. The molecule has 0 radical (unpaired) electrons. The van der Waals surface area contributed by atoms with Gasteiger partial charge in [0.05, 0.1) is 16.6 Å². The SMILES string of the molecule is CCSc1c(C2CCN(C)CC2)ccc2[nH]c(-c3c(=O)[nH]cc4c(C#N)c[nH]c34)nc12. The monoisotopic (exact) mass is 432 g/mol. The summed E-state index contributed by atoms with van der Waals surface area (Å²) in [5, 5.41) is 10.0. The number of thioether (sulfide) groups is 1. The van der Waals surface area contributed by atoms with Crippen molar-refractivity contribution in [1.82, 2.24) is 24.8 Å². The van der Waals surface area contributed by atoms with Gasteiger partial charge in [-0.3, -0.25) is 4.79 Å². The maximum Gasteiger partial charge on any atom is 0.261 e. The summed E-state index contributed by atoms with van der Waals surface area (Å²) in [6.45, 7) is 4.37. The van der Waals surface area contributed by atoms with Crippen LogP contribution in [0, 0.1) is 11.3 Å². The average molecular weight is 433 g/mol. The van der Waals surface area contributed by atoms with Crippen molar-refractivity contribution in [2.24, 2.45) is 0 Å². The molecule has 1 saturated heterocycles. The van der Waals surface area contributed by atoms with E-state index >= 15 is 0 Å². The summed E-state index contributed by atoms with van der Waals surface area (Å²) in [6.07, 6.45) is 5.50. The lowest BCUT2D eigenvalue weighted by Crippen LogP contribution is -2.29. The van der Waals surface area contributed by atoms with E-state index < -0.39 is 0 Å². The van der Waals surface area contributed by atoms with Crippen LogP contribution in [0.15, 0.2) is 34.2 Å². The highest BCUT2D eigenvalue weighted by Gasteiger charge is 2.24. The number of aromatic nitrogens is 4. The minimum absolute atomic E-state index is 0.238. The fourth-order valence-corrected chi connectivity index (χ4v) is 5.54. The Morgan fingerprint density at radius 3 is 2.81 bits per heavy atom. The molecule has 1 fully saturated rings. The summed E-state index contributed by atoms with van der Waals surface area (Å²) in [5.74, 6) is 2.01. The second kappa shape index (κ2) is 7.91. The molecule has 3 N–H and O–H groups in total. The van der Waals surface area contributed by atoms with Crippen molar-refractivity contribution in [2.75, 3.05) is 25.9 Å². The summed E-state index contributed by atoms with van der Waals surface area (Å²) in [4.78, 5) is 30.4. The Kier molecular flexibility index (Phi) is 5.08. The van der Waals surface area contributed by atoms with E-state index in [2.05, 4.69) is 52.0 Å². The fraction of sp³-hybridized carbons (Fsp3) is 0.348. The first-order chi connectivity index (χ1) is 15.1. The molecule has 0 spiro atoms. The number of piperidine rings is 1. The minimum Gasteiger partial charge on any atom is -0.359 e. The maximum absolute atomic E-state index is 12.7. The highest BCUT2D eigenvalue weighted by Crippen LogP contribution is 2.39. The molecule has 158 valence electrons. The molecule has 31 heavy (non-hydrogen) atoms. The number of imidazole rings is 1. The number of aromatic amines is 3. The molecule has 8 heteroatoms. The van der Waals surface area contributed by atoms with Gasteiger partial charge in [-0.2, -0.15) is 5.26 Å². The van der Waals surface area contributed by atoms with Crippen LogP contribution in [-0.4, -0.2) is 50.7 Å². The molecule has 0 amide bonds. The maximum atomic E-state index is 12.7. The average Bonchev–Trinajstić information content (AvgIpc) is 3.39. The Morgan fingerprint density at radius 1 is 1.26 bits per heavy atom. The van der Waals surface area contributed by atoms with E-state index in [1.807, 2.05) is 11.8 Å². The van der Waals surface area contributed by atoms with Crippen molar-refractivity contribution < 1.29 is 0 Å². The number of fused-ring (bicyclic) bond motifs is 2. The quantitative estimate of drug-likeness (QED) is 0.420. The van der Waals surface area contributed by atoms with Crippen LogP contribution >= 0.6 is 11.8 Å². The highest BCUT2D eigenvalue weighted by molar-refractivity contribution is 7.99. The van der Waals surface area contributed by atoms with Crippen LogP contribution in [0.3, 0.4) is 0 Å². The Hall–Kier alpha value is -3.02. The van der Waals surface area contributed by atoms with E-state index in [0.29, 0.717) is 33.8 Å². The first-order valence-corrected chi connectivity index (χ1v) is 11.6. The van der Waals surface area contributed by atoms with Gasteiger partial charge in [0.25, 0.3) is 5.56 Å². The minimum atomic E-state index is -0.238. The fourth-order valence-electron chi connectivity index (χ4n) is 4.55. The molecule has 0 saturated carbocycles. The van der Waals surface area contributed by atoms with Gasteiger partial charge >= 0.3 is 0 Å². The van der Waals surface area contributed by atoms with Crippen LogP contribution < -0.4 is 5.56 Å². The smallest absolute Gasteiger partial charge is 0.261 e. The van der Waals surface area contributed by atoms with E-state index in [1.54, 1.807) is 12.4 Å². The van der Waals surface area contributed by atoms with Crippen molar-refractivity contribution in [3.8, 4) is 17.5 Å². The van der Waals surface area contributed by atoms with E-state index in [-0.39, 0.29) is 5.56 Å². The molecular formula is C23H24N6OS. The molecule has 0 unspecified atom stereocenters. The van der Waals surface area contributed by atoms with Crippen LogP contribution in [0.2, 0.25) is 0 Å². The number of hydrogen-bond acceptors (Lipinski definition) is 5. The summed E-state index contributed by atoms with van der Waals surface area (Å²) in [6, 6.07) is 6.47. The Bertz CT molecular complexity index is 1370. The number of rotatable bonds is 4. The summed E-state index contributed by atoms with van der Waals surface area (Å²) in [7, 11) is 2.18. The first kappa shape index (κ1) is 19.9. The van der Waals surface area contributed by atoms with Gasteiger partial charge in [0.15, 0.2) is 0 Å². The largest absolute Gasteiger partial charge is 0.359 e. The molecule has 1 aliphatic heterocycles. The molecule has 0 bridgehead atoms. The van der Waals surface area contributed by atoms with E-state index in [4.69, 9.17) is 4.98 Å². The number of benzene rings is 1. The molecule has 0 atom stereocenters. The molecule has 5 rings (SSSR count). The van der Waals surface area contributed by atoms with Gasteiger partial charge in [-0.25, -0.2) is 4.98 Å². The number of hydrogen-bond donors (Lipinski definition) is 3. The number of likely N-dealkylation sites (tertiary alicyclic amines) is 1. The van der Waals surface area contributed by atoms with Crippen molar-refractivity contribution >= 4 is 33.7 Å². The zero-order valence-electron chi connectivity index (χ0n) is 17.6. The zero-order chi connectivity index (χ0) is 21.5.